The SMILES string of the molecule is O=C(F)/C=C/CN1CCCC1. The standard InChI is InChI=1S/C8H12FNO/c9-8(11)4-3-7-10-5-1-2-6-10/h3-4H,1-2,5-7H2/b4-3+. The van der Waals surface area contributed by atoms with Crippen molar-refractivity contribution in [2.45, 2.75) is 12.8 Å². The van der Waals surface area contributed by atoms with Gasteiger partial charge in [0.1, 0.15) is 0 Å². The summed E-state index contributed by atoms with van der Waals surface area (Å²) >= 11 is 0. The Balaban J connectivity index is 2.15. The van der Waals surface area contributed by atoms with Gasteiger partial charge in [0.2, 0.25) is 0 Å². The summed E-state index contributed by atoms with van der Waals surface area (Å²) in [4.78, 5) is 12.0. The van der Waals surface area contributed by atoms with E-state index in [1.807, 2.05) is 0 Å². The van der Waals surface area contributed by atoms with Gasteiger partial charge in [-0.2, -0.15) is 4.39 Å². The number of allylic oxidation sites excluding steroid dienone is 1. The predicted molar refractivity (Wildman–Crippen MR) is 40.9 cm³/mol. The summed E-state index contributed by atoms with van der Waals surface area (Å²) in [5, 5.41) is 0. The van der Waals surface area contributed by atoms with Crippen molar-refractivity contribution in [3.63, 3.8) is 0 Å². The van der Waals surface area contributed by atoms with E-state index >= 15 is 0 Å². The van der Waals surface area contributed by atoms with Crippen LogP contribution in [0.2, 0.25) is 0 Å². The third kappa shape index (κ3) is 3.28. The van der Waals surface area contributed by atoms with Crippen LogP contribution in [-0.2, 0) is 4.79 Å². The molecule has 0 aromatic heterocycles. The average molecular weight is 157 g/mol. The second-order valence-electron chi connectivity index (χ2n) is 2.71. The first-order chi connectivity index (χ1) is 5.29. The van der Waals surface area contributed by atoms with Gasteiger partial charge in [-0.15, -0.1) is 0 Å². The van der Waals surface area contributed by atoms with Gasteiger partial charge in [0.05, 0.1) is 0 Å². The Hall–Kier alpha value is -0.700. The van der Waals surface area contributed by atoms with Crippen LogP contribution in [0, 0.1) is 0 Å². The summed E-state index contributed by atoms with van der Waals surface area (Å²) in [5.41, 5.74) is 0. The highest BCUT2D eigenvalue weighted by atomic mass is 19.1. The van der Waals surface area contributed by atoms with Crippen LogP contribution in [0.5, 0.6) is 0 Å². The van der Waals surface area contributed by atoms with Crippen LogP contribution in [-0.4, -0.2) is 30.6 Å². The number of carbonyl (C=O) groups is 1. The maximum atomic E-state index is 11.6. The van der Waals surface area contributed by atoms with Crippen LogP contribution < -0.4 is 0 Å². The lowest BCUT2D eigenvalue weighted by molar-refractivity contribution is -0.124. The van der Waals surface area contributed by atoms with Gasteiger partial charge in [-0.25, -0.2) is 0 Å². The molecule has 1 rings (SSSR count). The minimum Gasteiger partial charge on any atom is -0.300 e. The highest BCUT2D eigenvalue weighted by molar-refractivity contribution is 5.80. The molecule has 11 heavy (non-hydrogen) atoms. The highest BCUT2D eigenvalue weighted by Crippen LogP contribution is 2.06. The molecule has 1 aliphatic heterocycles. The van der Waals surface area contributed by atoms with E-state index in [2.05, 4.69) is 4.90 Å². The highest BCUT2D eigenvalue weighted by Gasteiger charge is 2.08. The molecule has 3 heteroatoms. The van der Waals surface area contributed by atoms with Gasteiger partial charge >= 0.3 is 6.04 Å². The van der Waals surface area contributed by atoms with Crippen LogP contribution in [0.1, 0.15) is 12.8 Å². The zero-order chi connectivity index (χ0) is 8.10. The maximum absolute atomic E-state index is 11.6. The number of hydrogen-bond acceptors (Lipinski definition) is 2. The van der Waals surface area contributed by atoms with Gasteiger partial charge < -0.3 is 0 Å². The first kappa shape index (κ1) is 8.40. The second kappa shape index (κ2) is 4.23. The molecule has 2 nitrogen and oxygen atoms in total. The van der Waals surface area contributed by atoms with Crippen molar-refractivity contribution in [1.82, 2.24) is 4.90 Å². The molecule has 1 heterocycles. The van der Waals surface area contributed by atoms with Crippen LogP contribution in [0.15, 0.2) is 12.2 Å². The van der Waals surface area contributed by atoms with Crippen molar-refractivity contribution in [3.8, 4) is 0 Å². The van der Waals surface area contributed by atoms with Gasteiger partial charge in [0, 0.05) is 12.6 Å². The summed E-state index contributed by atoms with van der Waals surface area (Å²) in [6, 6.07) is -1.36. The minimum atomic E-state index is -1.36. The van der Waals surface area contributed by atoms with E-state index in [1.54, 1.807) is 6.08 Å². The molecule has 0 aliphatic carbocycles. The van der Waals surface area contributed by atoms with Crippen LogP contribution >= 0.6 is 0 Å². The minimum absolute atomic E-state index is 0.704. The molecule has 0 atom stereocenters. The summed E-state index contributed by atoms with van der Waals surface area (Å²) in [5.74, 6) is 0. The van der Waals surface area contributed by atoms with Gasteiger partial charge in [-0.1, -0.05) is 6.08 Å². The van der Waals surface area contributed by atoms with Crippen molar-refractivity contribution in [3.05, 3.63) is 12.2 Å². The molecule has 0 radical (unpaired) electrons. The molecular weight excluding hydrogens is 145 g/mol. The molecule has 0 aromatic rings. The number of nitrogens with zero attached hydrogens (tertiary/aromatic N) is 1. The summed E-state index contributed by atoms with van der Waals surface area (Å²) < 4.78 is 11.6. The zero-order valence-electron chi connectivity index (χ0n) is 6.42. The van der Waals surface area contributed by atoms with Crippen molar-refractivity contribution < 1.29 is 9.18 Å². The maximum Gasteiger partial charge on any atom is 0.324 e. The Morgan fingerprint density at radius 3 is 2.64 bits per heavy atom. The fraction of sp³-hybridized carbons (Fsp3) is 0.625. The van der Waals surface area contributed by atoms with Gasteiger partial charge in [0.25, 0.3) is 0 Å². The Labute approximate surface area is 65.7 Å². The molecular formula is C8H12FNO. The fourth-order valence-corrected chi connectivity index (χ4v) is 1.26. The van der Waals surface area contributed by atoms with E-state index in [9.17, 15) is 9.18 Å². The van der Waals surface area contributed by atoms with E-state index in [1.165, 1.54) is 12.8 Å². The molecule has 0 unspecified atom stereocenters. The number of halogens is 1. The first-order valence-corrected chi connectivity index (χ1v) is 3.87. The Morgan fingerprint density at radius 2 is 2.09 bits per heavy atom. The molecule has 1 aliphatic rings. The van der Waals surface area contributed by atoms with Crippen molar-refractivity contribution in [1.29, 1.82) is 0 Å². The average Bonchev–Trinajstić information content (AvgIpc) is 2.39. The zero-order valence-corrected chi connectivity index (χ0v) is 6.42. The van der Waals surface area contributed by atoms with Crippen LogP contribution in [0.4, 0.5) is 4.39 Å². The summed E-state index contributed by atoms with van der Waals surface area (Å²) in [7, 11) is 0. The molecule has 0 bridgehead atoms. The smallest absolute Gasteiger partial charge is 0.300 e. The van der Waals surface area contributed by atoms with Gasteiger partial charge in [-0.05, 0) is 25.9 Å². The topological polar surface area (TPSA) is 20.3 Å². The number of likely N-dealkylation sites (tertiary alicyclic amines) is 1. The summed E-state index contributed by atoms with van der Waals surface area (Å²) in [6.45, 7) is 2.85. The van der Waals surface area contributed by atoms with Crippen LogP contribution in [0.25, 0.3) is 0 Å². The molecule has 0 aromatic carbocycles. The lowest BCUT2D eigenvalue weighted by Gasteiger charge is -2.09. The fourth-order valence-electron chi connectivity index (χ4n) is 1.26. The lowest BCUT2D eigenvalue weighted by atomic mass is 10.4. The lowest BCUT2D eigenvalue weighted by Crippen LogP contribution is -2.18. The number of carbonyl (C=O) groups excluding carboxylic acids is 1. The van der Waals surface area contributed by atoms with E-state index in [0.717, 1.165) is 19.2 Å². The third-order valence-corrected chi connectivity index (χ3v) is 1.81. The summed E-state index contributed by atoms with van der Waals surface area (Å²) in [6.07, 6.45) is 5.00. The van der Waals surface area contributed by atoms with E-state index < -0.39 is 6.04 Å². The molecule has 0 saturated carbocycles. The van der Waals surface area contributed by atoms with Crippen molar-refractivity contribution in [2.24, 2.45) is 0 Å². The van der Waals surface area contributed by atoms with Crippen molar-refractivity contribution in [2.75, 3.05) is 19.6 Å². The largest absolute Gasteiger partial charge is 0.324 e. The Kier molecular flexibility index (Phi) is 3.23. The normalized spacial score (nSPS) is 19.7. The first-order valence-electron chi connectivity index (χ1n) is 3.87. The van der Waals surface area contributed by atoms with Crippen LogP contribution in [0.3, 0.4) is 0 Å². The Bertz CT molecular complexity index is 161. The molecule has 0 spiro atoms. The number of hydrogen-bond donors (Lipinski definition) is 0. The molecule has 1 fully saturated rings. The van der Waals surface area contributed by atoms with E-state index in [4.69, 9.17) is 0 Å². The molecule has 0 amide bonds. The molecule has 1 saturated heterocycles. The quantitative estimate of drug-likeness (QED) is 0.452. The van der Waals surface area contributed by atoms with E-state index in [0.29, 0.717) is 6.54 Å². The Morgan fingerprint density at radius 1 is 1.45 bits per heavy atom. The predicted octanol–water partition coefficient (Wildman–Crippen LogP) is 1.13. The van der Waals surface area contributed by atoms with E-state index in [-0.39, 0.29) is 0 Å². The second-order valence-corrected chi connectivity index (χ2v) is 2.71. The third-order valence-electron chi connectivity index (χ3n) is 1.81. The van der Waals surface area contributed by atoms with Crippen molar-refractivity contribution >= 4 is 6.04 Å². The van der Waals surface area contributed by atoms with Gasteiger partial charge in [-0.3, -0.25) is 9.69 Å². The molecule has 0 N–H and O–H groups in total. The number of rotatable bonds is 3. The van der Waals surface area contributed by atoms with Gasteiger partial charge in [0.15, 0.2) is 0 Å². The monoisotopic (exact) mass is 157 g/mol. The molecule has 62 valence electrons.